The summed E-state index contributed by atoms with van der Waals surface area (Å²) in [5, 5.41) is 3.43. The van der Waals surface area contributed by atoms with Gasteiger partial charge in [0, 0.05) is 16.6 Å². The maximum absolute atomic E-state index is 6.16. The van der Waals surface area contributed by atoms with Crippen molar-refractivity contribution in [3.05, 3.63) is 57.6 Å². The first-order chi connectivity index (χ1) is 10.1. The number of aryl methyl sites for hydroxylation is 1. The van der Waals surface area contributed by atoms with Gasteiger partial charge in [0.2, 0.25) is 0 Å². The van der Waals surface area contributed by atoms with Crippen LogP contribution in [0.3, 0.4) is 0 Å². The lowest BCUT2D eigenvalue weighted by molar-refractivity contribution is 0.468. The molecular weight excluding hydrogens is 326 g/mol. The number of ether oxygens (including phenoxy) is 1. The maximum atomic E-state index is 6.16. The van der Waals surface area contributed by atoms with Crippen LogP contribution in [-0.4, -0.2) is 6.54 Å². The minimum Gasteiger partial charge on any atom is -0.457 e. The van der Waals surface area contributed by atoms with Gasteiger partial charge in [-0.2, -0.15) is 0 Å². The Morgan fingerprint density at radius 2 is 1.90 bits per heavy atom. The Bertz CT molecular complexity index is 610. The van der Waals surface area contributed by atoms with Crippen molar-refractivity contribution in [1.82, 2.24) is 5.32 Å². The summed E-state index contributed by atoms with van der Waals surface area (Å²) < 4.78 is 7.19. The number of hydrogen-bond donors (Lipinski definition) is 1. The van der Waals surface area contributed by atoms with E-state index < -0.39 is 0 Å². The fraction of sp³-hybridized carbons (Fsp3) is 0.333. The van der Waals surface area contributed by atoms with E-state index >= 15 is 0 Å². The SMILES string of the molecule is CCCNCc1ccc(Br)cc1Oc1cccc(C)c1C. The minimum atomic E-state index is 0.821. The van der Waals surface area contributed by atoms with E-state index in [2.05, 4.69) is 60.2 Å². The summed E-state index contributed by atoms with van der Waals surface area (Å²) in [5.74, 6) is 1.83. The average molecular weight is 348 g/mol. The largest absolute Gasteiger partial charge is 0.457 e. The lowest BCUT2D eigenvalue weighted by atomic mass is 10.1. The maximum Gasteiger partial charge on any atom is 0.133 e. The fourth-order valence-electron chi connectivity index (χ4n) is 2.12. The molecule has 0 radical (unpaired) electrons. The third kappa shape index (κ3) is 4.32. The van der Waals surface area contributed by atoms with E-state index in [0.29, 0.717) is 0 Å². The van der Waals surface area contributed by atoms with Crippen molar-refractivity contribution in [2.75, 3.05) is 6.54 Å². The molecule has 0 aliphatic heterocycles. The number of rotatable bonds is 6. The Morgan fingerprint density at radius 3 is 2.67 bits per heavy atom. The lowest BCUT2D eigenvalue weighted by Gasteiger charge is -2.15. The van der Waals surface area contributed by atoms with Gasteiger partial charge in [-0.3, -0.25) is 0 Å². The summed E-state index contributed by atoms with van der Waals surface area (Å²) in [4.78, 5) is 0. The highest BCUT2D eigenvalue weighted by Crippen LogP contribution is 2.31. The summed E-state index contributed by atoms with van der Waals surface area (Å²) in [6, 6.07) is 12.3. The van der Waals surface area contributed by atoms with Crippen LogP contribution in [0.2, 0.25) is 0 Å². The van der Waals surface area contributed by atoms with Crippen molar-refractivity contribution in [1.29, 1.82) is 0 Å². The van der Waals surface area contributed by atoms with Crippen LogP contribution in [0.15, 0.2) is 40.9 Å². The zero-order valence-corrected chi connectivity index (χ0v) is 14.5. The van der Waals surface area contributed by atoms with Gasteiger partial charge < -0.3 is 10.1 Å². The molecule has 0 bridgehead atoms. The van der Waals surface area contributed by atoms with Crippen molar-refractivity contribution >= 4 is 15.9 Å². The Hall–Kier alpha value is -1.32. The molecule has 2 nitrogen and oxygen atoms in total. The van der Waals surface area contributed by atoms with Gasteiger partial charge in [0.25, 0.3) is 0 Å². The quantitative estimate of drug-likeness (QED) is 0.710. The number of nitrogens with one attached hydrogen (secondary N) is 1. The zero-order valence-electron chi connectivity index (χ0n) is 12.9. The highest BCUT2D eigenvalue weighted by molar-refractivity contribution is 9.10. The minimum absolute atomic E-state index is 0.821. The molecule has 2 aromatic carbocycles. The van der Waals surface area contributed by atoms with Crippen molar-refractivity contribution in [3.8, 4) is 11.5 Å². The van der Waals surface area contributed by atoms with Gasteiger partial charge in [0.05, 0.1) is 0 Å². The molecule has 0 saturated carbocycles. The topological polar surface area (TPSA) is 21.3 Å². The van der Waals surface area contributed by atoms with Gasteiger partial charge >= 0.3 is 0 Å². The fourth-order valence-corrected chi connectivity index (χ4v) is 2.46. The van der Waals surface area contributed by atoms with E-state index in [4.69, 9.17) is 4.74 Å². The van der Waals surface area contributed by atoms with Crippen molar-refractivity contribution in [2.24, 2.45) is 0 Å². The highest BCUT2D eigenvalue weighted by atomic mass is 79.9. The predicted octanol–water partition coefficient (Wildman–Crippen LogP) is 5.36. The first-order valence-electron chi connectivity index (χ1n) is 7.35. The first kappa shape index (κ1) is 16.1. The predicted molar refractivity (Wildman–Crippen MR) is 92.1 cm³/mol. The van der Waals surface area contributed by atoms with Gasteiger partial charge in [-0.05, 0) is 56.1 Å². The zero-order chi connectivity index (χ0) is 15.2. The summed E-state index contributed by atoms with van der Waals surface area (Å²) in [6.07, 6.45) is 1.13. The Balaban J connectivity index is 2.25. The van der Waals surface area contributed by atoms with E-state index in [1.165, 1.54) is 16.7 Å². The molecule has 0 aliphatic carbocycles. The van der Waals surface area contributed by atoms with E-state index in [-0.39, 0.29) is 0 Å². The number of benzene rings is 2. The van der Waals surface area contributed by atoms with Crippen LogP contribution in [0.25, 0.3) is 0 Å². The third-order valence-corrected chi connectivity index (χ3v) is 4.04. The Kier molecular flexibility index (Phi) is 5.83. The van der Waals surface area contributed by atoms with Gasteiger partial charge in [-0.25, -0.2) is 0 Å². The highest BCUT2D eigenvalue weighted by Gasteiger charge is 2.08. The van der Waals surface area contributed by atoms with Crippen molar-refractivity contribution < 1.29 is 4.74 Å². The smallest absolute Gasteiger partial charge is 0.133 e. The molecule has 0 fully saturated rings. The first-order valence-corrected chi connectivity index (χ1v) is 8.14. The summed E-state index contributed by atoms with van der Waals surface area (Å²) >= 11 is 3.52. The van der Waals surface area contributed by atoms with E-state index in [0.717, 1.165) is 35.5 Å². The molecule has 0 heterocycles. The van der Waals surface area contributed by atoms with Crippen molar-refractivity contribution in [3.63, 3.8) is 0 Å². The van der Waals surface area contributed by atoms with Crippen LogP contribution in [-0.2, 0) is 6.54 Å². The second kappa shape index (κ2) is 7.62. The van der Waals surface area contributed by atoms with E-state index in [9.17, 15) is 0 Å². The molecule has 1 N–H and O–H groups in total. The molecule has 0 aliphatic rings. The number of halogens is 1. The molecule has 3 heteroatoms. The Labute approximate surface area is 135 Å². The van der Waals surface area contributed by atoms with Crippen LogP contribution in [0.4, 0.5) is 0 Å². The lowest BCUT2D eigenvalue weighted by Crippen LogP contribution is -2.14. The molecule has 2 rings (SSSR count). The Morgan fingerprint density at radius 1 is 1.10 bits per heavy atom. The van der Waals surface area contributed by atoms with Crippen LogP contribution in [0.1, 0.15) is 30.0 Å². The molecule has 0 atom stereocenters. The molecule has 0 amide bonds. The normalized spacial score (nSPS) is 10.7. The van der Waals surface area contributed by atoms with E-state index in [1.807, 2.05) is 18.2 Å². The summed E-state index contributed by atoms with van der Waals surface area (Å²) in [7, 11) is 0. The van der Waals surface area contributed by atoms with Crippen molar-refractivity contribution in [2.45, 2.75) is 33.7 Å². The van der Waals surface area contributed by atoms with Gasteiger partial charge in [0.1, 0.15) is 11.5 Å². The van der Waals surface area contributed by atoms with Gasteiger partial charge in [-0.15, -0.1) is 0 Å². The summed E-state index contributed by atoms with van der Waals surface area (Å²) in [6.45, 7) is 8.20. The average Bonchev–Trinajstić information content (AvgIpc) is 2.46. The molecule has 0 spiro atoms. The van der Waals surface area contributed by atoms with Gasteiger partial charge in [0.15, 0.2) is 0 Å². The van der Waals surface area contributed by atoms with Gasteiger partial charge in [-0.1, -0.05) is 41.1 Å². The van der Waals surface area contributed by atoms with E-state index in [1.54, 1.807) is 0 Å². The van der Waals surface area contributed by atoms with Crippen LogP contribution >= 0.6 is 15.9 Å². The monoisotopic (exact) mass is 347 g/mol. The van der Waals surface area contributed by atoms with Crippen LogP contribution in [0.5, 0.6) is 11.5 Å². The molecule has 0 saturated heterocycles. The second-order valence-corrected chi connectivity index (χ2v) is 6.14. The van der Waals surface area contributed by atoms with Crippen LogP contribution < -0.4 is 10.1 Å². The molecule has 112 valence electrons. The second-order valence-electron chi connectivity index (χ2n) is 5.23. The third-order valence-electron chi connectivity index (χ3n) is 3.55. The standard InChI is InChI=1S/C18H22BrNO/c1-4-10-20-12-15-8-9-16(19)11-18(15)21-17-7-5-6-13(2)14(17)3/h5-9,11,20H,4,10,12H2,1-3H3. The van der Waals surface area contributed by atoms with Crippen LogP contribution in [0, 0.1) is 13.8 Å². The molecule has 2 aromatic rings. The molecule has 0 aromatic heterocycles. The molecule has 0 unspecified atom stereocenters. The number of hydrogen-bond acceptors (Lipinski definition) is 2. The molecular formula is C18H22BrNO. The summed E-state index contributed by atoms with van der Waals surface area (Å²) in [5.41, 5.74) is 3.60. The molecule has 21 heavy (non-hydrogen) atoms.